The average Bonchev–Trinajstić information content (AvgIpc) is 2.90. The molecular weight excluding hydrogens is 301 g/mol. The van der Waals surface area contributed by atoms with Gasteiger partial charge in [-0.15, -0.1) is 23.5 Å². The fraction of sp³-hybridized carbons (Fsp3) is 0.385. The van der Waals surface area contributed by atoms with Gasteiger partial charge in [0, 0.05) is 11.5 Å². The van der Waals surface area contributed by atoms with Crippen molar-refractivity contribution in [2.75, 3.05) is 17.4 Å². The van der Waals surface area contributed by atoms with Crippen LogP contribution in [0, 0.1) is 5.82 Å². The van der Waals surface area contributed by atoms with Crippen molar-refractivity contribution in [1.29, 1.82) is 0 Å². The standard InChI is InChI=1S/C13H14FNO3S2/c14-10-3-1-9(2-4-10)5-19-7-12(16)15-8-20-6-11(15)13(17)18/h1-4,11H,5-8H2,(H,17,18)/t11-/m0/s1. The molecule has 1 N–H and O–H groups in total. The molecule has 0 spiro atoms. The van der Waals surface area contributed by atoms with Crippen molar-refractivity contribution in [2.45, 2.75) is 11.8 Å². The number of benzene rings is 1. The number of carbonyl (C=O) groups excluding carboxylic acids is 1. The third-order valence-electron chi connectivity index (χ3n) is 2.90. The van der Waals surface area contributed by atoms with Crippen molar-refractivity contribution in [3.8, 4) is 0 Å². The van der Waals surface area contributed by atoms with Gasteiger partial charge >= 0.3 is 5.97 Å². The first-order valence-electron chi connectivity index (χ1n) is 6.00. The normalized spacial score (nSPS) is 18.2. The summed E-state index contributed by atoms with van der Waals surface area (Å²) in [6, 6.07) is 5.42. The Labute approximate surface area is 124 Å². The van der Waals surface area contributed by atoms with E-state index in [9.17, 15) is 14.0 Å². The molecule has 0 unspecified atom stereocenters. The first-order chi connectivity index (χ1) is 9.58. The maximum Gasteiger partial charge on any atom is 0.327 e. The maximum absolute atomic E-state index is 12.7. The number of halogens is 1. The molecule has 20 heavy (non-hydrogen) atoms. The summed E-state index contributed by atoms with van der Waals surface area (Å²) in [4.78, 5) is 24.4. The Hall–Kier alpha value is -1.21. The molecule has 1 aliphatic heterocycles. The van der Waals surface area contributed by atoms with Gasteiger partial charge in [0.2, 0.25) is 5.91 Å². The van der Waals surface area contributed by atoms with Crippen molar-refractivity contribution in [1.82, 2.24) is 4.90 Å². The van der Waals surface area contributed by atoms with Crippen molar-refractivity contribution in [2.24, 2.45) is 0 Å². The molecule has 1 saturated heterocycles. The number of aliphatic carboxylic acids is 1. The van der Waals surface area contributed by atoms with Gasteiger partial charge in [-0.25, -0.2) is 9.18 Å². The topological polar surface area (TPSA) is 57.6 Å². The molecule has 1 aromatic carbocycles. The van der Waals surface area contributed by atoms with Gasteiger partial charge in [-0.2, -0.15) is 0 Å². The van der Waals surface area contributed by atoms with Crippen LogP contribution in [0.15, 0.2) is 24.3 Å². The Kier molecular flexibility index (Phi) is 5.31. The minimum absolute atomic E-state index is 0.158. The summed E-state index contributed by atoms with van der Waals surface area (Å²) in [6.45, 7) is 0. The zero-order valence-corrected chi connectivity index (χ0v) is 12.3. The molecule has 0 saturated carbocycles. The second-order valence-electron chi connectivity index (χ2n) is 4.34. The Balaban J connectivity index is 1.80. The Bertz CT molecular complexity index is 495. The van der Waals surface area contributed by atoms with Crippen LogP contribution in [0.5, 0.6) is 0 Å². The van der Waals surface area contributed by atoms with E-state index in [2.05, 4.69) is 0 Å². The van der Waals surface area contributed by atoms with E-state index in [0.29, 0.717) is 17.4 Å². The molecule has 1 aromatic rings. The molecule has 0 aliphatic carbocycles. The van der Waals surface area contributed by atoms with Crippen LogP contribution in [0.25, 0.3) is 0 Å². The fourth-order valence-corrected chi connectivity index (χ4v) is 3.86. The van der Waals surface area contributed by atoms with Gasteiger partial charge in [0.1, 0.15) is 11.9 Å². The van der Waals surface area contributed by atoms with E-state index in [1.165, 1.54) is 40.6 Å². The Morgan fingerprint density at radius 3 is 2.75 bits per heavy atom. The lowest BCUT2D eigenvalue weighted by molar-refractivity contribution is -0.146. The predicted molar refractivity (Wildman–Crippen MR) is 78.2 cm³/mol. The quantitative estimate of drug-likeness (QED) is 0.901. The van der Waals surface area contributed by atoms with Crippen molar-refractivity contribution in [3.05, 3.63) is 35.6 Å². The van der Waals surface area contributed by atoms with Crippen molar-refractivity contribution in [3.63, 3.8) is 0 Å². The smallest absolute Gasteiger partial charge is 0.327 e. The van der Waals surface area contributed by atoms with Crippen LogP contribution < -0.4 is 0 Å². The molecule has 0 radical (unpaired) electrons. The number of hydrogen-bond acceptors (Lipinski definition) is 4. The van der Waals surface area contributed by atoms with E-state index in [1.54, 1.807) is 12.1 Å². The monoisotopic (exact) mass is 315 g/mol. The van der Waals surface area contributed by atoms with Gasteiger partial charge in [0.15, 0.2) is 0 Å². The summed E-state index contributed by atoms with van der Waals surface area (Å²) < 4.78 is 12.7. The zero-order valence-electron chi connectivity index (χ0n) is 10.6. The van der Waals surface area contributed by atoms with Gasteiger partial charge in [-0.3, -0.25) is 4.79 Å². The molecule has 1 aliphatic rings. The summed E-state index contributed by atoms with van der Waals surface area (Å²) in [7, 11) is 0. The molecule has 108 valence electrons. The molecular formula is C13H14FNO3S2. The molecule has 1 amide bonds. The van der Waals surface area contributed by atoms with Gasteiger partial charge in [0.25, 0.3) is 0 Å². The third kappa shape index (κ3) is 3.89. The SMILES string of the molecule is O=C(O)[C@@H]1CSCN1C(=O)CSCc1ccc(F)cc1. The lowest BCUT2D eigenvalue weighted by Gasteiger charge is -2.20. The van der Waals surface area contributed by atoms with E-state index in [0.717, 1.165) is 5.56 Å². The average molecular weight is 315 g/mol. The predicted octanol–water partition coefficient (Wildman–Crippen LogP) is 2.04. The number of carboxylic acid groups (broad SMARTS) is 1. The molecule has 0 aromatic heterocycles. The van der Waals surface area contributed by atoms with Gasteiger partial charge in [0.05, 0.1) is 11.6 Å². The number of rotatable bonds is 5. The van der Waals surface area contributed by atoms with E-state index < -0.39 is 12.0 Å². The molecule has 2 rings (SSSR count). The van der Waals surface area contributed by atoms with Gasteiger partial charge < -0.3 is 10.0 Å². The third-order valence-corrected chi connectivity index (χ3v) is 4.90. The highest BCUT2D eigenvalue weighted by atomic mass is 32.2. The lowest BCUT2D eigenvalue weighted by atomic mass is 10.2. The number of carboxylic acids is 1. The first-order valence-corrected chi connectivity index (χ1v) is 8.31. The van der Waals surface area contributed by atoms with Crippen LogP contribution in [-0.4, -0.2) is 45.3 Å². The number of nitrogens with zero attached hydrogens (tertiary/aromatic N) is 1. The largest absolute Gasteiger partial charge is 0.480 e. The molecule has 1 atom stereocenters. The highest BCUT2D eigenvalue weighted by Crippen LogP contribution is 2.22. The van der Waals surface area contributed by atoms with Gasteiger partial charge in [-0.05, 0) is 17.7 Å². The second-order valence-corrected chi connectivity index (χ2v) is 6.32. The van der Waals surface area contributed by atoms with Crippen LogP contribution in [0.1, 0.15) is 5.56 Å². The van der Waals surface area contributed by atoms with Crippen LogP contribution in [0.4, 0.5) is 4.39 Å². The molecule has 0 bridgehead atoms. The number of thioether (sulfide) groups is 2. The molecule has 1 heterocycles. The van der Waals surface area contributed by atoms with Crippen molar-refractivity contribution < 1.29 is 19.1 Å². The Morgan fingerprint density at radius 1 is 1.40 bits per heavy atom. The van der Waals surface area contributed by atoms with Gasteiger partial charge in [-0.1, -0.05) is 12.1 Å². The van der Waals surface area contributed by atoms with E-state index >= 15 is 0 Å². The molecule has 1 fully saturated rings. The lowest BCUT2D eigenvalue weighted by Crippen LogP contribution is -2.42. The number of amides is 1. The van der Waals surface area contributed by atoms with Crippen molar-refractivity contribution >= 4 is 35.4 Å². The van der Waals surface area contributed by atoms with Crippen LogP contribution in [0.3, 0.4) is 0 Å². The first kappa shape index (κ1) is 15.2. The molecule has 4 nitrogen and oxygen atoms in total. The zero-order chi connectivity index (χ0) is 14.5. The summed E-state index contributed by atoms with van der Waals surface area (Å²) in [5.74, 6) is 0.331. The summed E-state index contributed by atoms with van der Waals surface area (Å²) in [6.07, 6.45) is 0. The van der Waals surface area contributed by atoms with Crippen LogP contribution in [0.2, 0.25) is 0 Å². The highest BCUT2D eigenvalue weighted by Gasteiger charge is 2.34. The van der Waals surface area contributed by atoms with Crippen LogP contribution >= 0.6 is 23.5 Å². The number of carbonyl (C=O) groups is 2. The highest BCUT2D eigenvalue weighted by molar-refractivity contribution is 7.99. The minimum Gasteiger partial charge on any atom is -0.480 e. The second kappa shape index (κ2) is 6.99. The van der Waals surface area contributed by atoms with E-state index in [1.807, 2.05) is 0 Å². The maximum atomic E-state index is 12.7. The Morgan fingerprint density at radius 2 is 2.10 bits per heavy atom. The fourth-order valence-electron chi connectivity index (χ4n) is 1.81. The molecule has 7 heteroatoms. The summed E-state index contributed by atoms with van der Waals surface area (Å²) in [5.41, 5.74) is 0.940. The minimum atomic E-state index is -0.952. The van der Waals surface area contributed by atoms with Crippen LogP contribution in [-0.2, 0) is 15.3 Å². The van der Waals surface area contributed by atoms with E-state index in [4.69, 9.17) is 5.11 Å². The summed E-state index contributed by atoms with van der Waals surface area (Å²) >= 11 is 2.86. The van der Waals surface area contributed by atoms with E-state index in [-0.39, 0.29) is 17.5 Å². The number of hydrogen-bond donors (Lipinski definition) is 1. The summed E-state index contributed by atoms with van der Waals surface area (Å²) in [5, 5.41) is 9.01.